The summed E-state index contributed by atoms with van der Waals surface area (Å²) in [5.74, 6) is -0.475. The first-order chi connectivity index (χ1) is 11.1. The Bertz CT molecular complexity index is 770. The van der Waals surface area contributed by atoms with Gasteiger partial charge in [0, 0.05) is 22.7 Å². The summed E-state index contributed by atoms with van der Waals surface area (Å²) in [5, 5.41) is 4.01. The first kappa shape index (κ1) is 18.1. The van der Waals surface area contributed by atoms with Crippen LogP contribution in [0, 0.1) is 0 Å². The molecular formula is C15H14F3N3O2S. The molecule has 128 valence electrons. The molecule has 2 aromatic rings. The normalized spacial score (nSPS) is 12.1. The third kappa shape index (κ3) is 4.85. The highest BCUT2D eigenvalue weighted by atomic mass is 32.1. The number of hydrogen-bond donors (Lipinski definition) is 1. The van der Waals surface area contributed by atoms with Crippen molar-refractivity contribution in [2.75, 3.05) is 0 Å². The predicted octanol–water partition coefficient (Wildman–Crippen LogP) is 3.67. The van der Waals surface area contributed by atoms with Gasteiger partial charge in [-0.3, -0.25) is 0 Å². The molecule has 0 unspecified atom stereocenters. The average molecular weight is 357 g/mol. The highest BCUT2D eigenvalue weighted by Crippen LogP contribution is 2.33. The van der Waals surface area contributed by atoms with E-state index < -0.39 is 17.7 Å². The number of nitrogens with zero attached hydrogens (tertiary/aromatic N) is 3. The number of rotatable bonds is 4. The molecule has 0 spiro atoms. The highest BCUT2D eigenvalue weighted by Gasteiger charge is 2.31. The maximum atomic E-state index is 12.8. The minimum Gasteiger partial charge on any atom is -0.460 e. The van der Waals surface area contributed by atoms with E-state index in [1.54, 1.807) is 13.8 Å². The second kappa shape index (κ2) is 7.08. The Morgan fingerprint density at radius 1 is 1.33 bits per heavy atom. The first-order valence-corrected chi connectivity index (χ1v) is 7.31. The molecule has 0 aliphatic rings. The largest absolute Gasteiger partial charge is 0.460 e. The van der Waals surface area contributed by atoms with Gasteiger partial charge < -0.3 is 4.74 Å². The average Bonchev–Trinajstić information content (AvgIpc) is 2.91. The fourth-order valence-electron chi connectivity index (χ4n) is 1.79. The minimum atomic E-state index is -4.49. The number of alkyl halides is 3. The Hall–Kier alpha value is -2.29. The zero-order chi connectivity index (χ0) is 17.9. The van der Waals surface area contributed by atoms with Gasteiger partial charge in [-0.2, -0.15) is 13.2 Å². The molecule has 1 heterocycles. The van der Waals surface area contributed by atoms with E-state index in [0.717, 1.165) is 18.2 Å². The minimum absolute atomic E-state index is 0.0817. The molecule has 24 heavy (non-hydrogen) atoms. The number of hydrogen-bond acceptors (Lipinski definition) is 5. The molecule has 0 aliphatic carbocycles. The van der Waals surface area contributed by atoms with Crippen molar-refractivity contribution in [2.45, 2.75) is 31.0 Å². The van der Waals surface area contributed by atoms with Gasteiger partial charge in [-0.25, -0.2) is 14.5 Å². The summed E-state index contributed by atoms with van der Waals surface area (Å²) in [7, 11) is 0. The molecule has 0 amide bonds. The predicted molar refractivity (Wildman–Crippen MR) is 84.3 cm³/mol. The van der Waals surface area contributed by atoms with Crippen LogP contribution in [0.4, 0.5) is 13.2 Å². The van der Waals surface area contributed by atoms with Crippen molar-refractivity contribution in [1.29, 1.82) is 0 Å². The van der Waals surface area contributed by atoms with Crippen LogP contribution >= 0.6 is 12.6 Å². The van der Waals surface area contributed by atoms with Crippen molar-refractivity contribution in [3.05, 3.63) is 36.2 Å². The summed E-state index contributed by atoms with van der Waals surface area (Å²) in [6, 6.07) is 3.29. The Morgan fingerprint density at radius 3 is 2.67 bits per heavy atom. The number of ether oxygens (including phenoxy) is 1. The summed E-state index contributed by atoms with van der Waals surface area (Å²) in [5.41, 5.74) is -0.663. The number of thiol groups is 1. The summed E-state index contributed by atoms with van der Waals surface area (Å²) in [6.07, 6.45) is -1.03. The van der Waals surface area contributed by atoms with Crippen molar-refractivity contribution in [1.82, 2.24) is 14.8 Å². The van der Waals surface area contributed by atoms with E-state index in [1.807, 2.05) is 0 Å². The van der Waals surface area contributed by atoms with Crippen molar-refractivity contribution < 1.29 is 22.7 Å². The van der Waals surface area contributed by atoms with Crippen LogP contribution in [0.2, 0.25) is 0 Å². The second-order valence-corrected chi connectivity index (χ2v) is 5.63. The molecule has 0 atom stereocenters. The number of esters is 1. The van der Waals surface area contributed by atoms with E-state index in [9.17, 15) is 18.0 Å². The zero-order valence-corrected chi connectivity index (χ0v) is 13.7. The lowest BCUT2D eigenvalue weighted by atomic mass is 10.1. The molecule has 5 nitrogen and oxygen atoms in total. The molecule has 9 heteroatoms. The van der Waals surface area contributed by atoms with E-state index in [2.05, 4.69) is 22.7 Å². The Morgan fingerprint density at radius 2 is 2.04 bits per heavy atom. The number of carbonyl (C=O) groups excluding carboxylic acids is 1. The number of aromatic nitrogens is 3. The van der Waals surface area contributed by atoms with Crippen LogP contribution in [0.3, 0.4) is 0 Å². The van der Waals surface area contributed by atoms with Crippen LogP contribution in [0.25, 0.3) is 17.6 Å². The SMILES string of the molecule is CC(C)OC(=O)/C=C\n1cnc(-c2cc(S)cc(C(F)(F)F)c2)n1. The highest BCUT2D eigenvalue weighted by molar-refractivity contribution is 7.80. The molecule has 0 saturated carbocycles. The van der Waals surface area contributed by atoms with Gasteiger partial charge in [-0.1, -0.05) is 0 Å². The standard InChI is InChI=1S/C15H14F3N3O2S/c1-9(2)23-13(22)3-4-21-8-19-14(20-21)10-5-11(15(16,17)18)7-12(24)6-10/h3-9,24H,1-2H3/b4-3-. The van der Waals surface area contributed by atoms with Gasteiger partial charge in [0.25, 0.3) is 0 Å². The molecule has 0 saturated heterocycles. The number of carbonyl (C=O) groups is 1. The summed E-state index contributed by atoms with van der Waals surface area (Å²) in [4.78, 5) is 15.5. The first-order valence-electron chi connectivity index (χ1n) is 6.87. The molecule has 1 aromatic heterocycles. The third-order valence-electron chi connectivity index (χ3n) is 2.73. The summed E-state index contributed by atoms with van der Waals surface area (Å²) < 4.78 is 44.6. The Kier molecular flexibility index (Phi) is 5.33. The van der Waals surface area contributed by atoms with Crippen LogP contribution in [0.1, 0.15) is 19.4 Å². The van der Waals surface area contributed by atoms with Gasteiger partial charge in [0.05, 0.1) is 11.7 Å². The third-order valence-corrected chi connectivity index (χ3v) is 2.99. The fraction of sp³-hybridized carbons (Fsp3) is 0.267. The van der Waals surface area contributed by atoms with Gasteiger partial charge in [0.1, 0.15) is 6.33 Å². The van der Waals surface area contributed by atoms with Gasteiger partial charge in [0.15, 0.2) is 5.82 Å². The van der Waals surface area contributed by atoms with Crippen LogP contribution < -0.4 is 0 Å². The molecule has 0 N–H and O–H groups in total. The lowest BCUT2D eigenvalue weighted by molar-refractivity contribution is -0.141. The van der Waals surface area contributed by atoms with E-state index in [0.29, 0.717) is 0 Å². The Balaban J connectivity index is 2.23. The number of halogens is 3. The molecule has 0 aliphatic heterocycles. The molecule has 1 aromatic carbocycles. The van der Waals surface area contributed by atoms with E-state index in [4.69, 9.17) is 4.74 Å². The van der Waals surface area contributed by atoms with Crippen LogP contribution in [-0.4, -0.2) is 26.8 Å². The topological polar surface area (TPSA) is 57.0 Å². The van der Waals surface area contributed by atoms with E-state index in [1.165, 1.54) is 23.3 Å². The number of benzene rings is 1. The summed E-state index contributed by atoms with van der Waals surface area (Å²) in [6.45, 7) is 3.42. The smallest absolute Gasteiger partial charge is 0.416 e. The molecule has 0 bridgehead atoms. The zero-order valence-electron chi connectivity index (χ0n) is 12.8. The maximum Gasteiger partial charge on any atom is 0.416 e. The lowest BCUT2D eigenvalue weighted by Gasteiger charge is -2.08. The van der Waals surface area contributed by atoms with E-state index in [-0.39, 0.29) is 22.4 Å². The molecular weight excluding hydrogens is 343 g/mol. The van der Waals surface area contributed by atoms with Crippen molar-refractivity contribution in [3.63, 3.8) is 0 Å². The van der Waals surface area contributed by atoms with Gasteiger partial charge >= 0.3 is 12.1 Å². The van der Waals surface area contributed by atoms with Crippen LogP contribution in [0.5, 0.6) is 0 Å². The van der Waals surface area contributed by atoms with Crippen LogP contribution in [0.15, 0.2) is 35.5 Å². The van der Waals surface area contributed by atoms with E-state index >= 15 is 0 Å². The Labute approximate surface area is 141 Å². The van der Waals surface area contributed by atoms with Gasteiger partial charge in [-0.05, 0) is 32.0 Å². The van der Waals surface area contributed by atoms with Gasteiger partial charge in [-0.15, -0.1) is 17.7 Å². The fourth-order valence-corrected chi connectivity index (χ4v) is 2.07. The van der Waals surface area contributed by atoms with Crippen LogP contribution in [-0.2, 0) is 15.7 Å². The quantitative estimate of drug-likeness (QED) is 0.515. The molecule has 0 radical (unpaired) electrons. The summed E-state index contributed by atoms with van der Waals surface area (Å²) >= 11 is 3.98. The van der Waals surface area contributed by atoms with Crippen molar-refractivity contribution in [3.8, 4) is 11.4 Å². The molecule has 2 rings (SSSR count). The molecule has 0 fully saturated rings. The maximum absolute atomic E-state index is 12.8. The lowest BCUT2D eigenvalue weighted by Crippen LogP contribution is -2.08. The van der Waals surface area contributed by atoms with Gasteiger partial charge in [0.2, 0.25) is 0 Å². The monoisotopic (exact) mass is 357 g/mol. The van der Waals surface area contributed by atoms with Crippen molar-refractivity contribution in [2.24, 2.45) is 0 Å². The van der Waals surface area contributed by atoms with Crippen molar-refractivity contribution >= 4 is 24.8 Å². The second-order valence-electron chi connectivity index (χ2n) is 5.12.